The quantitative estimate of drug-likeness (QED) is 0.781. The van der Waals surface area contributed by atoms with Crippen molar-refractivity contribution >= 4 is 11.6 Å². The molecule has 0 bridgehead atoms. The molecule has 0 saturated heterocycles. The fourth-order valence-corrected chi connectivity index (χ4v) is 2.66. The molecule has 4 heteroatoms. The molecule has 2 heterocycles. The number of pyridine rings is 1. The van der Waals surface area contributed by atoms with E-state index in [1.165, 1.54) is 0 Å². The van der Waals surface area contributed by atoms with Crippen LogP contribution < -0.4 is 9.64 Å². The Morgan fingerprint density at radius 2 is 2.11 bits per heavy atom. The summed E-state index contributed by atoms with van der Waals surface area (Å²) in [5.74, 6) is 0.822. The van der Waals surface area contributed by atoms with Crippen molar-refractivity contribution in [1.82, 2.24) is 4.98 Å². The predicted octanol–water partition coefficient (Wildman–Crippen LogP) is 2.66. The second-order valence-electron chi connectivity index (χ2n) is 6.21. The average Bonchev–Trinajstić information content (AvgIpc) is 2.47. The van der Waals surface area contributed by atoms with Crippen molar-refractivity contribution in [1.29, 1.82) is 0 Å². The second-order valence-corrected chi connectivity index (χ2v) is 6.21. The molecule has 0 aliphatic carbocycles. The Labute approximate surface area is 114 Å². The first-order chi connectivity index (χ1) is 8.84. The van der Waals surface area contributed by atoms with Crippen LogP contribution in [0.15, 0.2) is 12.3 Å². The predicted molar refractivity (Wildman–Crippen MR) is 75.5 cm³/mol. The van der Waals surface area contributed by atoms with Gasteiger partial charge in [0.1, 0.15) is 0 Å². The lowest BCUT2D eigenvalue weighted by Gasteiger charge is -2.30. The maximum Gasteiger partial charge on any atom is 0.230 e. The zero-order valence-electron chi connectivity index (χ0n) is 12.4. The maximum atomic E-state index is 12.6. The molecule has 2 rings (SSSR count). The van der Waals surface area contributed by atoms with E-state index in [1.54, 1.807) is 18.2 Å². The van der Waals surface area contributed by atoms with E-state index in [0.29, 0.717) is 5.88 Å². The topological polar surface area (TPSA) is 42.4 Å². The summed E-state index contributed by atoms with van der Waals surface area (Å²) >= 11 is 0. The summed E-state index contributed by atoms with van der Waals surface area (Å²) < 4.78 is 5.16. The number of ether oxygens (including phenoxy) is 1. The van der Waals surface area contributed by atoms with E-state index in [9.17, 15) is 4.79 Å². The molecule has 0 N–H and O–H groups in total. The van der Waals surface area contributed by atoms with Crippen LogP contribution >= 0.6 is 0 Å². The van der Waals surface area contributed by atoms with Crippen molar-refractivity contribution in [2.45, 2.75) is 33.6 Å². The molecule has 0 radical (unpaired) electrons. The molecular weight excluding hydrogens is 240 g/mol. The number of carbonyl (C=O) groups excluding carboxylic acids is 1. The van der Waals surface area contributed by atoms with Gasteiger partial charge in [0, 0.05) is 19.0 Å². The highest BCUT2D eigenvalue weighted by Crippen LogP contribution is 2.37. The lowest BCUT2D eigenvalue weighted by atomic mass is 9.77. The number of aromatic nitrogens is 1. The van der Waals surface area contributed by atoms with E-state index < -0.39 is 0 Å². The highest BCUT2D eigenvalue weighted by Gasteiger charge is 2.36. The number of rotatable bonds is 1. The lowest BCUT2D eigenvalue weighted by molar-refractivity contribution is -0.125. The number of methoxy groups -OCH3 is 1. The monoisotopic (exact) mass is 262 g/mol. The van der Waals surface area contributed by atoms with Crippen molar-refractivity contribution in [3.63, 3.8) is 0 Å². The van der Waals surface area contributed by atoms with E-state index in [0.717, 1.165) is 24.1 Å². The summed E-state index contributed by atoms with van der Waals surface area (Å²) in [6, 6.07) is 1.93. The van der Waals surface area contributed by atoms with E-state index in [2.05, 4.69) is 25.8 Å². The van der Waals surface area contributed by atoms with Crippen LogP contribution in [0.4, 0.5) is 5.69 Å². The first-order valence-electron chi connectivity index (χ1n) is 6.65. The van der Waals surface area contributed by atoms with Gasteiger partial charge >= 0.3 is 0 Å². The first-order valence-corrected chi connectivity index (χ1v) is 6.65. The van der Waals surface area contributed by atoms with Crippen LogP contribution in [0.3, 0.4) is 0 Å². The number of nitrogens with zero attached hydrogens (tertiary/aromatic N) is 2. The van der Waals surface area contributed by atoms with Gasteiger partial charge in [-0.05, 0) is 23.8 Å². The Morgan fingerprint density at radius 3 is 2.68 bits per heavy atom. The molecule has 0 spiro atoms. The summed E-state index contributed by atoms with van der Waals surface area (Å²) in [6.07, 6.45) is 3.48. The zero-order valence-corrected chi connectivity index (χ0v) is 12.4. The summed E-state index contributed by atoms with van der Waals surface area (Å²) in [5.41, 5.74) is 2.01. The van der Waals surface area contributed by atoms with Crippen molar-refractivity contribution in [3.8, 4) is 5.88 Å². The minimum Gasteiger partial charge on any atom is -0.481 e. The van der Waals surface area contributed by atoms with Crippen LogP contribution in [0.25, 0.3) is 0 Å². The van der Waals surface area contributed by atoms with Crippen LogP contribution in [-0.4, -0.2) is 25.0 Å². The van der Waals surface area contributed by atoms with Gasteiger partial charge in [-0.15, -0.1) is 0 Å². The number of aryl methyl sites for hydroxylation is 1. The molecule has 4 nitrogen and oxygen atoms in total. The van der Waals surface area contributed by atoms with Gasteiger partial charge in [0.05, 0.1) is 19.0 Å². The minimum absolute atomic E-state index is 0.0229. The fourth-order valence-electron chi connectivity index (χ4n) is 2.66. The molecule has 1 aliphatic heterocycles. The fraction of sp³-hybridized carbons (Fsp3) is 0.600. The molecule has 1 aliphatic rings. The molecule has 1 unspecified atom stereocenters. The summed E-state index contributed by atoms with van der Waals surface area (Å²) in [6.45, 7) is 6.37. The Bertz CT molecular complexity index is 491. The van der Waals surface area contributed by atoms with Crippen LogP contribution in [-0.2, 0) is 11.2 Å². The molecule has 1 amide bonds. The number of hydrogen-bond acceptors (Lipinski definition) is 3. The third-order valence-corrected chi connectivity index (χ3v) is 3.89. The lowest BCUT2D eigenvalue weighted by Crippen LogP contribution is -2.38. The van der Waals surface area contributed by atoms with Gasteiger partial charge in [0.2, 0.25) is 11.8 Å². The normalized spacial score (nSPS) is 19.9. The molecule has 0 aromatic carbocycles. The second kappa shape index (κ2) is 4.83. The molecule has 0 fully saturated rings. The molecule has 104 valence electrons. The maximum absolute atomic E-state index is 12.6. The van der Waals surface area contributed by atoms with Gasteiger partial charge in [-0.2, -0.15) is 0 Å². The number of amides is 1. The van der Waals surface area contributed by atoms with Gasteiger partial charge < -0.3 is 9.64 Å². The SMILES string of the molecule is COc1cc2c(cn1)N(C)C(=O)C(C(C)(C)C)CC2. The Kier molecular flexibility index (Phi) is 3.52. The van der Waals surface area contributed by atoms with Crippen LogP contribution in [0.2, 0.25) is 0 Å². The zero-order chi connectivity index (χ0) is 14.2. The molecule has 1 aromatic rings. The third kappa shape index (κ3) is 2.57. The molecule has 1 aromatic heterocycles. The smallest absolute Gasteiger partial charge is 0.230 e. The van der Waals surface area contributed by atoms with E-state index in [-0.39, 0.29) is 17.2 Å². The van der Waals surface area contributed by atoms with Gasteiger partial charge in [-0.25, -0.2) is 4.98 Å². The Morgan fingerprint density at radius 1 is 1.42 bits per heavy atom. The van der Waals surface area contributed by atoms with Crippen LogP contribution in [0.5, 0.6) is 5.88 Å². The van der Waals surface area contributed by atoms with E-state index in [1.807, 2.05) is 13.1 Å². The van der Waals surface area contributed by atoms with Gasteiger partial charge in [-0.3, -0.25) is 4.79 Å². The largest absolute Gasteiger partial charge is 0.481 e. The molecule has 0 saturated carbocycles. The highest BCUT2D eigenvalue weighted by molar-refractivity contribution is 5.96. The van der Waals surface area contributed by atoms with Crippen molar-refractivity contribution in [2.75, 3.05) is 19.1 Å². The van der Waals surface area contributed by atoms with Crippen LogP contribution in [0, 0.1) is 11.3 Å². The van der Waals surface area contributed by atoms with E-state index in [4.69, 9.17) is 4.74 Å². The standard InChI is InChI=1S/C15H22N2O2/c1-15(2,3)11-7-6-10-8-13(19-5)16-9-12(10)17(4)14(11)18/h8-9,11H,6-7H2,1-5H3. The van der Waals surface area contributed by atoms with Gasteiger partial charge in [0.25, 0.3) is 0 Å². The minimum atomic E-state index is -0.0229. The number of fused-ring (bicyclic) bond motifs is 1. The number of carbonyl (C=O) groups is 1. The summed E-state index contributed by atoms with van der Waals surface area (Å²) in [5, 5.41) is 0. The molecule has 19 heavy (non-hydrogen) atoms. The number of hydrogen-bond donors (Lipinski definition) is 0. The van der Waals surface area contributed by atoms with E-state index >= 15 is 0 Å². The Hall–Kier alpha value is -1.58. The number of anilines is 1. The molecular formula is C15H22N2O2. The first kappa shape index (κ1) is 13.8. The molecule has 1 atom stereocenters. The van der Waals surface area contributed by atoms with Crippen molar-refractivity contribution in [2.24, 2.45) is 11.3 Å². The van der Waals surface area contributed by atoms with Crippen molar-refractivity contribution < 1.29 is 9.53 Å². The Balaban J connectivity index is 2.40. The van der Waals surface area contributed by atoms with Crippen molar-refractivity contribution in [3.05, 3.63) is 17.8 Å². The average molecular weight is 262 g/mol. The van der Waals surface area contributed by atoms with Gasteiger partial charge in [0.15, 0.2) is 0 Å². The summed E-state index contributed by atoms with van der Waals surface area (Å²) in [7, 11) is 3.44. The highest BCUT2D eigenvalue weighted by atomic mass is 16.5. The van der Waals surface area contributed by atoms with Crippen LogP contribution in [0.1, 0.15) is 32.8 Å². The third-order valence-electron chi connectivity index (χ3n) is 3.89. The van der Waals surface area contributed by atoms with Gasteiger partial charge in [-0.1, -0.05) is 20.8 Å². The summed E-state index contributed by atoms with van der Waals surface area (Å²) in [4.78, 5) is 18.5.